The van der Waals surface area contributed by atoms with Crippen molar-refractivity contribution in [3.8, 4) is 10.7 Å². The zero-order chi connectivity index (χ0) is 13.8. The van der Waals surface area contributed by atoms with E-state index < -0.39 is 0 Å². The summed E-state index contributed by atoms with van der Waals surface area (Å²) in [7, 11) is 1.99. The minimum Gasteiger partial charge on any atom is -0.313 e. The summed E-state index contributed by atoms with van der Waals surface area (Å²) in [6.07, 6.45) is 0.890. The lowest BCUT2D eigenvalue weighted by atomic mass is 10.0. The monoisotopic (exact) mass is 301 g/mol. The van der Waals surface area contributed by atoms with Crippen LogP contribution >= 0.6 is 22.7 Å². The molecule has 1 aromatic carbocycles. The smallest absolute Gasteiger partial charge is 0.142 e. The average Bonchev–Trinajstić information content (AvgIpc) is 3.16. The Morgan fingerprint density at radius 3 is 2.75 bits per heavy atom. The van der Waals surface area contributed by atoms with Gasteiger partial charge in [0.2, 0.25) is 0 Å². The number of nitrogens with zero attached hydrogens (tertiary/aromatic N) is 2. The summed E-state index contributed by atoms with van der Waals surface area (Å²) in [6, 6.07) is 10.8. The number of rotatable bonds is 5. The Balaban J connectivity index is 1.77. The van der Waals surface area contributed by atoms with E-state index in [1.165, 1.54) is 5.56 Å². The molecule has 1 unspecified atom stereocenters. The Hall–Kier alpha value is -1.56. The van der Waals surface area contributed by atoms with Crippen LogP contribution in [0.25, 0.3) is 10.7 Å². The van der Waals surface area contributed by atoms with Crippen LogP contribution in [0.5, 0.6) is 0 Å². The van der Waals surface area contributed by atoms with E-state index in [9.17, 15) is 0 Å². The zero-order valence-electron chi connectivity index (χ0n) is 11.1. The molecule has 5 heteroatoms. The lowest BCUT2D eigenvalue weighted by Crippen LogP contribution is -2.18. The molecule has 1 atom stereocenters. The lowest BCUT2D eigenvalue weighted by Gasteiger charge is -2.15. The van der Waals surface area contributed by atoms with Gasteiger partial charge in [0.1, 0.15) is 10.7 Å². The van der Waals surface area contributed by atoms with Gasteiger partial charge >= 0.3 is 0 Å². The van der Waals surface area contributed by atoms with Crippen LogP contribution in [0.15, 0.2) is 46.6 Å². The van der Waals surface area contributed by atoms with Crippen LogP contribution in [-0.4, -0.2) is 17.0 Å². The number of hydrogen-bond acceptors (Lipinski definition) is 5. The molecule has 0 aliphatic rings. The maximum absolute atomic E-state index is 4.69. The van der Waals surface area contributed by atoms with Gasteiger partial charge in [-0.1, -0.05) is 30.3 Å². The first-order valence-electron chi connectivity index (χ1n) is 6.42. The number of aromatic nitrogens is 2. The summed E-state index contributed by atoms with van der Waals surface area (Å²) < 4.78 is 0. The first-order chi connectivity index (χ1) is 9.86. The van der Waals surface area contributed by atoms with Crippen molar-refractivity contribution in [2.75, 3.05) is 7.05 Å². The molecule has 2 aromatic heterocycles. The van der Waals surface area contributed by atoms with Crippen molar-refractivity contribution in [1.29, 1.82) is 0 Å². The molecule has 0 amide bonds. The molecule has 1 N–H and O–H groups in total. The van der Waals surface area contributed by atoms with Crippen molar-refractivity contribution in [3.05, 3.63) is 57.9 Å². The third-order valence-electron chi connectivity index (χ3n) is 3.17. The largest absolute Gasteiger partial charge is 0.313 e. The van der Waals surface area contributed by atoms with Gasteiger partial charge in [-0.25, -0.2) is 9.97 Å². The second-order valence-corrected chi connectivity index (χ2v) is 6.05. The highest BCUT2D eigenvalue weighted by Crippen LogP contribution is 2.25. The summed E-state index contributed by atoms with van der Waals surface area (Å²) in [4.78, 5) is 9.00. The minimum absolute atomic E-state index is 0.293. The van der Waals surface area contributed by atoms with Crippen LogP contribution in [-0.2, 0) is 6.42 Å². The first-order valence-corrected chi connectivity index (χ1v) is 8.24. The lowest BCUT2D eigenvalue weighted by molar-refractivity contribution is 0.586. The number of likely N-dealkylation sites (N-methyl/N-ethyl adjacent to an activating group) is 1. The van der Waals surface area contributed by atoms with Crippen LogP contribution < -0.4 is 5.32 Å². The number of thiazole rings is 2. The Labute approximate surface area is 126 Å². The second-order valence-electron chi connectivity index (χ2n) is 4.47. The number of nitrogens with one attached hydrogen (secondary N) is 1. The topological polar surface area (TPSA) is 37.8 Å². The predicted molar refractivity (Wildman–Crippen MR) is 85.2 cm³/mol. The van der Waals surface area contributed by atoms with Gasteiger partial charge in [-0.3, -0.25) is 0 Å². The standard InChI is InChI=1S/C15H15N3S2/c1-16-13(11-5-3-2-4-6-11)7-12-8-20-15(18-12)14-9-19-10-17-14/h2-6,8-10,13,16H,7H2,1H3. The highest BCUT2D eigenvalue weighted by molar-refractivity contribution is 7.13. The predicted octanol–water partition coefficient (Wildman–Crippen LogP) is 3.77. The molecule has 0 aliphatic carbocycles. The normalized spacial score (nSPS) is 12.4. The van der Waals surface area contributed by atoms with Gasteiger partial charge in [-0.2, -0.15) is 0 Å². The summed E-state index contributed by atoms with van der Waals surface area (Å²) >= 11 is 3.26. The molecule has 0 saturated carbocycles. The van der Waals surface area contributed by atoms with Crippen molar-refractivity contribution in [3.63, 3.8) is 0 Å². The van der Waals surface area contributed by atoms with Crippen LogP contribution in [0.2, 0.25) is 0 Å². The van der Waals surface area contributed by atoms with Crippen molar-refractivity contribution in [2.45, 2.75) is 12.5 Å². The fraction of sp³-hybridized carbons (Fsp3) is 0.200. The Kier molecular flexibility index (Phi) is 4.20. The van der Waals surface area contributed by atoms with E-state index in [1.54, 1.807) is 22.7 Å². The van der Waals surface area contributed by atoms with Crippen molar-refractivity contribution in [1.82, 2.24) is 15.3 Å². The maximum atomic E-state index is 4.69. The fourth-order valence-corrected chi connectivity index (χ4v) is 3.53. The quantitative estimate of drug-likeness (QED) is 0.779. The molecule has 3 aromatic rings. The van der Waals surface area contributed by atoms with Crippen LogP contribution in [0, 0.1) is 0 Å². The van der Waals surface area contributed by atoms with E-state index in [1.807, 2.05) is 24.0 Å². The highest BCUT2D eigenvalue weighted by Gasteiger charge is 2.13. The second kappa shape index (κ2) is 6.26. The summed E-state index contributed by atoms with van der Waals surface area (Å²) in [5.41, 5.74) is 5.22. The first kappa shape index (κ1) is 13.4. The van der Waals surface area contributed by atoms with Crippen LogP contribution in [0.1, 0.15) is 17.3 Å². The maximum Gasteiger partial charge on any atom is 0.142 e. The van der Waals surface area contributed by atoms with E-state index >= 15 is 0 Å². The van der Waals surface area contributed by atoms with Gasteiger partial charge in [0.25, 0.3) is 0 Å². The SMILES string of the molecule is CNC(Cc1csc(-c2cscn2)n1)c1ccccc1. The van der Waals surface area contributed by atoms with E-state index in [0.29, 0.717) is 6.04 Å². The van der Waals surface area contributed by atoms with E-state index in [0.717, 1.165) is 22.8 Å². The van der Waals surface area contributed by atoms with Crippen molar-refractivity contribution in [2.24, 2.45) is 0 Å². The zero-order valence-corrected chi connectivity index (χ0v) is 12.7. The summed E-state index contributed by atoms with van der Waals surface area (Å²) in [6.45, 7) is 0. The van der Waals surface area contributed by atoms with Gasteiger partial charge in [-0.15, -0.1) is 22.7 Å². The average molecular weight is 301 g/mol. The minimum atomic E-state index is 0.293. The molecule has 0 aliphatic heterocycles. The Bertz CT molecular complexity index is 647. The van der Waals surface area contributed by atoms with Crippen LogP contribution in [0.3, 0.4) is 0 Å². The van der Waals surface area contributed by atoms with Gasteiger partial charge < -0.3 is 5.32 Å². The molecule has 3 rings (SSSR count). The molecule has 0 spiro atoms. The highest BCUT2D eigenvalue weighted by atomic mass is 32.1. The molecule has 0 saturated heterocycles. The Morgan fingerprint density at radius 2 is 2.05 bits per heavy atom. The third-order valence-corrected chi connectivity index (χ3v) is 4.67. The van der Waals surface area contributed by atoms with Gasteiger partial charge in [-0.05, 0) is 12.6 Å². The molecule has 0 radical (unpaired) electrons. The fourth-order valence-electron chi connectivity index (χ4n) is 2.12. The summed E-state index contributed by atoms with van der Waals surface area (Å²) in [5, 5.41) is 8.53. The van der Waals surface area contributed by atoms with E-state index in [2.05, 4.69) is 44.9 Å². The van der Waals surface area contributed by atoms with Gasteiger partial charge in [0.05, 0.1) is 11.2 Å². The van der Waals surface area contributed by atoms with Crippen molar-refractivity contribution >= 4 is 22.7 Å². The number of hydrogen-bond donors (Lipinski definition) is 1. The molecular formula is C15H15N3S2. The van der Waals surface area contributed by atoms with Crippen molar-refractivity contribution < 1.29 is 0 Å². The van der Waals surface area contributed by atoms with Crippen LogP contribution in [0.4, 0.5) is 0 Å². The molecule has 2 heterocycles. The van der Waals surface area contributed by atoms with E-state index in [-0.39, 0.29) is 0 Å². The van der Waals surface area contributed by atoms with E-state index in [4.69, 9.17) is 0 Å². The molecule has 102 valence electrons. The Morgan fingerprint density at radius 1 is 1.20 bits per heavy atom. The molecule has 0 bridgehead atoms. The molecule has 3 nitrogen and oxygen atoms in total. The van der Waals surface area contributed by atoms with Gasteiger partial charge in [0.15, 0.2) is 0 Å². The third kappa shape index (κ3) is 2.95. The number of benzene rings is 1. The molecular weight excluding hydrogens is 286 g/mol. The molecule has 0 fully saturated rings. The summed E-state index contributed by atoms with van der Waals surface area (Å²) in [5.74, 6) is 0. The molecule has 20 heavy (non-hydrogen) atoms. The van der Waals surface area contributed by atoms with Gasteiger partial charge in [0, 0.05) is 23.2 Å².